The Labute approximate surface area is 165 Å². The standard InChI is InChI=1S/C21H27F2N5/c1-3-16(2)26-9-10-28(12-17-6-7-18(22)19(23)11-17)21(13-26)14-27(15-21)20-5-4-8-24-25-20/h4-8,11,16H,3,9-10,12-15H2,1-2H3. The molecule has 150 valence electrons. The summed E-state index contributed by atoms with van der Waals surface area (Å²) in [5.74, 6) is -0.682. The fourth-order valence-corrected chi connectivity index (χ4v) is 4.37. The molecule has 0 N–H and O–H groups in total. The van der Waals surface area contributed by atoms with Crippen LogP contribution in [0.1, 0.15) is 25.8 Å². The molecule has 2 saturated heterocycles. The van der Waals surface area contributed by atoms with E-state index in [1.54, 1.807) is 12.3 Å². The van der Waals surface area contributed by atoms with Crippen LogP contribution in [0.3, 0.4) is 0 Å². The maximum absolute atomic E-state index is 13.7. The molecule has 0 saturated carbocycles. The van der Waals surface area contributed by atoms with Gasteiger partial charge in [0, 0.05) is 51.5 Å². The lowest BCUT2D eigenvalue weighted by Gasteiger charge is -2.61. The van der Waals surface area contributed by atoms with E-state index in [0.717, 1.165) is 50.5 Å². The molecule has 0 radical (unpaired) electrons. The third-order valence-electron chi connectivity index (χ3n) is 6.25. The first-order valence-electron chi connectivity index (χ1n) is 9.96. The number of nitrogens with zero attached hydrogens (tertiary/aromatic N) is 5. The van der Waals surface area contributed by atoms with Crippen molar-refractivity contribution in [3.63, 3.8) is 0 Å². The van der Waals surface area contributed by atoms with Crippen molar-refractivity contribution in [2.45, 2.75) is 38.4 Å². The Hall–Kier alpha value is -2.12. The number of piperazine rings is 1. The molecule has 0 aliphatic carbocycles. The van der Waals surface area contributed by atoms with E-state index >= 15 is 0 Å². The summed E-state index contributed by atoms with van der Waals surface area (Å²) in [6, 6.07) is 8.65. The average molecular weight is 387 g/mol. The van der Waals surface area contributed by atoms with E-state index in [1.165, 1.54) is 12.1 Å². The maximum atomic E-state index is 13.7. The monoisotopic (exact) mass is 387 g/mol. The van der Waals surface area contributed by atoms with Gasteiger partial charge in [-0.1, -0.05) is 13.0 Å². The summed E-state index contributed by atoms with van der Waals surface area (Å²) >= 11 is 0. The molecular weight excluding hydrogens is 360 g/mol. The molecule has 0 bridgehead atoms. The van der Waals surface area contributed by atoms with E-state index in [2.05, 4.69) is 38.7 Å². The molecule has 28 heavy (non-hydrogen) atoms. The predicted molar refractivity (Wildman–Crippen MR) is 105 cm³/mol. The summed E-state index contributed by atoms with van der Waals surface area (Å²) in [4.78, 5) is 7.23. The Kier molecular flexibility index (Phi) is 5.29. The lowest BCUT2D eigenvalue weighted by Crippen LogP contribution is -2.77. The van der Waals surface area contributed by atoms with Gasteiger partial charge in [-0.25, -0.2) is 8.78 Å². The highest BCUT2D eigenvalue weighted by molar-refractivity contribution is 5.44. The maximum Gasteiger partial charge on any atom is 0.159 e. The molecule has 2 aliphatic heterocycles. The molecule has 5 nitrogen and oxygen atoms in total. The van der Waals surface area contributed by atoms with Crippen LogP contribution in [-0.4, -0.2) is 64.3 Å². The van der Waals surface area contributed by atoms with Crippen LogP contribution >= 0.6 is 0 Å². The number of hydrogen-bond donors (Lipinski definition) is 0. The Bertz CT molecular complexity index is 810. The van der Waals surface area contributed by atoms with Crippen molar-refractivity contribution in [1.82, 2.24) is 20.0 Å². The van der Waals surface area contributed by atoms with Crippen LogP contribution in [0.2, 0.25) is 0 Å². The van der Waals surface area contributed by atoms with Gasteiger partial charge >= 0.3 is 0 Å². The highest BCUT2D eigenvalue weighted by Gasteiger charge is 2.51. The van der Waals surface area contributed by atoms with Gasteiger partial charge in [-0.3, -0.25) is 9.80 Å². The Morgan fingerprint density at radius 2 is 1.93 bits per heavy atom. The summed E-state index contributed by atoms with van der Waals surface area (Å²) < 4.78 is 27.0. The smallest absolute Gasteiger partial charge is 0.159 e. The zero-order valence-electron chi connectivity index (χ0n) is 16.5. The van der Waals surface area contributed by atoms with Gasteiger partial charge in [0.05, 0.1) is 5.54 Å². The van der Waals surface area contributed by atoms with Gasteiger partial charge in [-0.2, -0.15) is 5.10 Å². The minimum absolute atomic E-state index is 0.00986. The average Bonchev–Trinajstić information content (AvgIpc) is 2.69. The fourth-order valence-electron chi connectivity index (χ4n) is 4.37. The number of anilines is 1. The zero-order chi connectivity index (χ0) is 19.7. The van der Waals surface area contributed by atoms with Crippen LogP contribution in [0.15, 0.2) is 36.5 Å². The van der Waals surface area contributed by atoms with E-state index in [1.807, 2.05) is 12.1 Å². The van der Waals surface area contributed by atoms with Crippen molar-refractivity contribution in [2.24, 2.45) is 0 Å². The molecule has 2 fully saturated rings. The van der Waals surface area contributed by atoms with Crippen molar-refractivity contribution in [1.29, 1.82) is 0 Å². The van der Waals surface area contributed by atoms with Crippen LogP contribution in [0, 0.1) is 11.6 Å². The van der Waals surface area contributed by atoms with Crippen LogP contribution in [0.4, 0.5) is 14.6 Å². The van der Waals surface area contributed by atoms with E-state index in [9.17, 15) is 8.78 Å². The van der Waals surface area contributed by atoms with Gasteiger partial charge in [-0.15, -0.1) is 5.10 Å². The summed E-state index contributed by atoms with van der Waals surface area (Å²) in [7, 11) is 0. The number of aromatic nitrogens is 2. The molecular formula is C21H27F2N5. The summed E-state index contributed by atoms with van der Waals surface area (Å²) in [5, 5.41) is 8.22. The van der Waals surface area contributed by atoms with Gasteiger partial charge in [0.25, 0.3) is 0 Å². The molecule has 7 heteroatoms. The molecule has 2 aromatic rings. The molecule has 0 amide bonds. The second-order valence-electron chi connectivity index (χ2n) is 8.06. The first-order chi connectivity index (χ1) is 13.5. The second kappa shape index (κ2) is 7.72. The highest BCUT2D eigenvalue weighted by atomic mass is 19.2. The summed E-state index contributed by atoms with van der Waals surface area (Å²) in [5.41, 5.74) is 0.803. The molecule has 1 aromatic carbocycles. The Morgan fingerprint density at radius 3 is 2.61 bits per heavy atom. The molecule has 3 heterocycles. The van der Waals surface area contributed by atoms with E-state index in [-0.39, 0.29) is 5.54 Å². The normalized spacial score (nSPS) is 20.9. The van der Waals surface area contributed by atoms with E-state index in [0.29, 0.717) is 12.6 Å². The molecule has 1 atom stereocenters. The number of rotatable bonds is 5. The summed E-state index contributed by atoms with van der Waals surface area (Å²) in [6.45, 7) is 9.73. The SMILES string of the molecule is CCC(C)N1CCN(Cc2ccc(F)c(F)c2)C2(CN(c3cccnn3)C2)C1. The largest absolute Gasteiger partial charge is 0.351 e. The van der Waals surface area contributed by atoms with Crippen LogP contribution in [0.25, 0.3) is 0 Å². The highest BCUT2D eigenvalue weighted by Crippen LogP contribution is 2.36. The fraction of sp³-hybridized carbons (Fsp3) is 0.524. The Morgan fingerprint density at radius 1 is 1.11 bits per heavy atom. The van der Waals surface area contributed by atoms with Gasteiger partial charge in [0.1, 0.15) is 0 Å². The van der Waals surface area contributed by atoms with Crippen molar-refractivity contribution in [2.75, 3.05) is 37.6 Å². The molecule has 1 unspecified atom stereocenters. The van der Waals surface area contributed by atoms with Crippen LogP contribution in [-0.2, 0) is 6.54 Å². The third-order valence-corrected chi connectivity index (χ3v) is 6.25. The van der Waals surface area contributed by atoms with Crippen molar-refractivity contribution >= 4 is 5.82 Å². The van der Waals surface area contributed by atoms with Crippen LogP contribution < -0.4 is 4.90 Å². The molecule has 1 spiro atoms. The zero-order valence-corrected chi connectivity index (χ0v) is 16.5. The minimum Gasteiger partial charge on any atom is -0.351 e. The number of hydrogen-bond acceptors (Lipinski definition) is 5. The van der Waals surface area contributed by atoms with Gasteiger partial charge in [0.2, 0.25) is 0 Å². The first-order valence-corrected chi connectivity index (χ1v) is 9.96. The topological polar surface area (TPSA) is 35.5 Å². The van der Waals surface area contributed by atoms with Crippen molar-refractivity contribution in [3.8, 4) is 0 Å². The predicted octanol–water partition coefficient (Wildman–Crippen LogP) is 2.93. The Balaban J connectivity index is 1.53. The quantitative estimate of drug-likeness (QED) is 0.788. The molecule has 2 aliphatic rings. The lowest BCUT2D eigenvalue weighted by molar-refractivity contribution is -0.0405. The molecule has 4 rings (SSSR count). The van der Waals surface area contributed by atoms with Crippen molar-refractivity contribution in [3.05, 3.63) is 53.7 Å². The second-order valence-corrected chi connectivity index (χ2v) is 8.06. The van der Waals surface area contributed by atoms with Gasteiger partial charge in [-0.05, 0) is 43.2 Å². The van der Waals surface area contributed by atoms with E-state index in [4.69, 9.17) is 0 Å². The van der Waals surface area contributed by atoms with E-state index < -0.39 is 11.6 Å². The first kappa shape index (κ1) is 19.2. The van der Waals surface area contributed by atoms with Crippen molar-refractivity contribution < 1.29 is 8.78 Å². The number of halogens is 2. The van der Waals surface area contributed by atoms with Gasteiger partial charge < -0.3 is 4.90 Å². The minimum atomic E-state index is -0.794. The summed E-state index contributed by atoms with van der Waals surface area (Å²) in [6.07, 6.45) is 2.80. The third kappa shape index (κ3) is 3.61. The number of benzene rings is 1. The van der Waals surface area contributed by atoms with Gasteiger partial charge in [0.15, 0.2) is 17.5 Å². The lowest BCUT2D eigenvalue weighted by atomic mass is 9.84. The molecule has 1 aromatic heterocycles. The van der Waals surface area contributed by atoms with Crippen LogP contribution in [0.5, 0.6) is 0 Å².